The minimum absolute atomic E-state index is 0.0336. The molecule has 0 aliphatic carbocycles. The molecule has 15 heavy (non-hydrogen) atoms. The number of H-pyrrole nitrogens is 1. The van der Waals surface area contributed by atoms with Crippen molar-refractivity contribution in [3.8, 4) is 11.4 Å². The summed E-state index contributed by atoms with van der Waals surface area (Å²) in [4.78, 5) is 13.8. The average molecular weight is 205 g/mol. The maximum Gasteiger partial charge on any atom is 0.269 e. The standard InChI is InChI=1S/C8H7N5O2/c9-8-10-7(11-12-8)5-1-3-6(4-2-5)13(14)15/h1-4H,(H3,9,10,11,12). The summed E-state index contributed by atoms with van der Waals surface area (Å²) in [7, 11) is 0. The number of hydrogen-bond acceptors (Lipinski definition) is 5. The summed E-state index contributed by atoms with van der Waals surface area (Å²) in [6.45, 7) is 0. The van der Waals surface area contributed by atoms with Gasteiger partial charge in [-0.15, -0.1) is 5.10 Å². The molecule has 1 heterocycles. The van der Waals surface area contributed by atoms with E-state index in [1.54, 1.807) is 12.1 Å². The number of non-ortho nitro benzene ring substituents is 1. The van der Waals surface area contributed by atoms with Gasteiger partial charge in [-0.3, -0.25) is 15.2 Å². The first-order chi connectivity index (χ1) is 7.16. The minimum atomic E-state index is -0.460. The molecule has 3 N–H and O–H groups in total. The van der Waals surface area contributed by atoms with Crippen LogP contribution in [0.2, 0.25) is 0 Å². The van der Waals surface area contributed by atoms with Crippen LogP contribution in [0.5, 0.6) is 0 Å². The molecule has 0 aliphatic heterocycles. The van der Waals surface area contributed by atoms with Crippen molar-refractivity contribution in [2.45, 2.75) is 0 Å². The van der Waals surface area contributed by atoms with Crippen molar-refractivity contribution in [2.75, 3.05) is 5.73 Å². The van der Waals surface area contributed by atoms with Crippen molar-refractivity contribution in [3.63, 3.8) is 0 Å². The topological polar surface area (TPSA) is 111 Å². The van der Waals surface area contributed by atoms with Crippen LogP contribution in [-0.2, 0) is 0 Å². The molecule has 0 fully saturated rings. The quantitative estimate of drug-likeness (QED) is 0.560. The number of nitrogens with one attached hydrogen (secondary N) is 1. The van der Waals surface area contributed by atoms with E-state index in [0.29, 0.717) is 11.4 Å². The van der Waals surface area contributed by atoms with E-state index in [2.05, 4.69) is 15.2 Å². The molecule has 2 aromatic rings. The van der Waals surface area contributed by atoms with E-state index >= 15 is 0 Å². The number of aromatic amines is 1. The van der Waals surface area contributed by atoms with Crippen LogP contribution in [0, 0.1) is 10.1 Å². The van der Waals surface area contributed by atoms with E-state index in [1.165, 1.54) is 12.1 Å². The highest BCUT2D eigenvalue weighted by Gasteiger charge is 2.07. The Labute approximate surface area is 84.1 Å². The van der Waals surface area contributed by atoms with Crippen molar-refractivity contribution in [1.82, 2.24) is 15.2 Å². The lowest BCUT2D eigenvalue weighted by Gasteiger charge is -1.94. The van der Waals surface area contributed by atoms with Gasteiger partial charge in [0.1, 0.15) is 0 Å². The highest BCUT2D eigenvalue weighted by molar-refractivity contribution is 5.57. The van der Waals surface area contributed by atoms with Gasteiger partial charge in [0.2, 0.25) is 5.95 Å². The van der Waals surface area contributed by atoms with Gasteiger partial charge in [-0.1, -0.05) is 0 Å². The van der Waals surface area contributed by atoms with Crippen LogP contribution in [0.4, 0.5) is 11.6 Å². The van der Waals surface area contributed by atoms with Gasteiger partial charge >= 0.3 is 0 Å². The number of nitrogens with two attached hydrogens (primary N) is 1. The Morgan fingerprint density at radius 2 is 2.00 bits per heavy atom. The summed E-state index contributed by atoms with van der Waals surface area (Å²) in [5, 5.41) is 16.7. The number of nitrogen functional groups attached to an aromatic ring is 1. The molecule has 2 rings (SSSR count). The molecule has 0 bridgehead atoms. The zero-order chi connectivity index (χ0) is 10.8. The van der Waals surface area contributed by atoms with Crippen LogP contribution in [-0.4, -0.2) is 20.1 Å². The zero-order valence-corrected chi connectivity index (χ0v) is 7.54. The smallest absolute Gasteiger partial charge is 0.269 e. The molecule has 7 heteroatoms. The lowest BCUT2D eigenvalue weighted by Crippen LogP contribution is -1.88. The normalized spacial score (nSPS) is 10.1. The van der Waals surface area contributed by atoms with Crippen LogP contribution in [0.3, 0.4) is 0 Å². The number of nitrogens with zero attached hydrogens (tertiary/aromatic N) is 3. The first kappa shape index (κ1) is 9.13. The summed E-state index contributed by atoms with van der Waals surface area (Å²) in [5.74, 6) is 0.630. The predicted octanol–water partition coefficient (Wildman–Crippen LogP) is 0.962. The molecule has 0 radical (unpaired) electrons. The molecule has 0 unspecified atom stereocenters. The maximum absolute atomic E-state index is 10.4. The number of benzene rings is 1. The van der Waals surface area contributed by atoms with Crippen molar-refractivity contribution < 1.29 is 4.92 Å². The molecule has 0 aliphatic rings. The van der Waals surface area contributed by atoms with Gasteiger partial charge in [0.15, 0.2) is 5.82 Å². The molecule has 1 aromatic heterocycles. The zero-order valence-electron chi connectivity index (χ0n) is 7.54. The molecule has 0 amide bonds. The Balaban J connectivity index is 2.35. The monoisotopic (exact) mass is 205 g/mol. The average Bonchev–Trinajstić information content (AvgIpc) is 2.65. The highest BCUT2D eigenvalue weighted by atomic mass is 16.6. The van der Waals surface area contributed by atoms with Crippen LogP contribution in [0.25, 0.3) is 11.4 Å². The van der Waals surface area contributed by atoms with Crippen LogP contribution < -0.4 is 5.73 Å². The molecular weight excluding hydrogens is 198 g/mol. The SMILES string of the molecule is Nc1n[nH]c(-c2ccc([N+](=O)[O-])cc2)n1. The molecule has 0 saturated heterocycles. The van der Waals surface area contributed by atoms with E-state index in [9.17, 15) is 10.1 Å². The van der Waals surface area contributed by atoms with E-state index in [4.69, 9.17) is 5.73 Å². The molecule has 0 spiro atoms. The van der Waals surface area contributed by atoms with E-state index in [0.717, 1.165) is 0 Å². The molecule has 1 aromatic carbocycles. The Hall–Kier alpha value is -2.44. The third-order valence-corrected chi connectivity index (χ3v) is 1.85. The summed E-state index contributed by atoms with van der Waals surface area (Å²) < 4.78 is 0. The lowest BCUT2D eigenvalue weighted by molar-refractivity contribution is -0.384. The Morgan fingerprint density at radius 3 is 2.47 bits per heavy atom. The number of hydrogen-bond donors (Lipinski definition) is 2. The van der Waals surface area contributed by atoms with E-state index < -0.39 is 4.92 Å². The second-order valence-corrected chi connectivity index (χ2v) is 2.85. The van der Waals surface area contributed by atoms with Gasteiger partial charge in [-0.2, -0.15) is 4.98 Å². The number of aromatic nitrogens is 3. The van der Waals surface area contributed by atoms with Gasteiger partial charge in [0.25, 0.3) is 5.69 Å². The largest absolute Gasteiger partial charge is 0.366 e. The van der Waals surface area contributed by atoms with Crippen LogP contribution in [0.15, 0.2) is 24.3 Å². The molecule has 0 saturated carbocycles. The van der Waals surface area contributed by atoms with E-state index in [1.807, 2.05) is 0 Å². The predicted molar refractivity (Wildman–Crippen MR) is 52.9 cm³/mol. The fraction of sp³-hybridized carbons (Fsp3) is 0. The van der Waals surface area contributed by atoms with Crippen molar-refractivity contribution in [2.24, 2.45) is 0 Å². The third kappa shape index (κ3) is 1.75. The second kappa shape index (κ2) is 3.37. The Morgan fingerprint density at radius 1 is 1.33 bits per heavy atom. The Bertz CT molecular complexity index is 490. The molecular formula is C8H7N5O2. The van der Waals surface area contributed by atoms with Crippen molar-refractivity contribution in [1.29, 1.82) is 0 Å². The number of anilines is 1. The molecule has 76 valence electrons. The first-order valence-electron chi connectivity index (χ1n) is 4.09. The summed E-state index contributed by atoms with van der Waals surface area (Å²) in [6, 6.07) is 5.96. The van der Waals surface area contributed by atoms with Gasteiger partial charge in [0, 0.05) is 17.7 Å². The first-order valence-corrected chi connectivity index (χ1v) is 4.09. The van der Waals surface area contributed by atoms with Crippen molar-refractivity contribution in [3.05, 3.63) is 34.4 Å². The second-order valence-electron chi connectivity index (χ2n) is 2.85. The number of nitro benzene ring substituents is 1. The lowest BCUT2D eigenvalue weighted by atomic mass is 10.2. The molecule has 7 nitrogen and oxygen atoms in total. The summed E-state index contributed by atoms with van der Waals surface area (Å²) >= 11 is 0. The van der Waals surface area contributed by atoms with Gasteiger partial charge < -0.3 is 5.73 Å². The fourth-order valence-electron chi connectivity index (χ4n) is 1.14. The van der Waals surface area contributed by atoms with E-state index in [-0.39, 0.29) is 11.6 Å². The summed E-state index contributed by atoms with van der Waals surface area (Å²) in [5.41, 5.74) is 6.06. The summed E-state index contributed by atoms with van der Waals surface area (Å²) in [6.07, 6.45) is 0. The number of rotatable bonds is 2. The Kier molecular flexibility index (Phi) is 2.05. The van der Waals surface area contributed by atoms with Gasteiger partial charge in [-0.05, 0) is 12.1 Å². The van der Waals surface area contributed by atoms with Crippen LogP contribution >= 0.6 is 0 Å². The van der Waals surface area contributed by atoms with Gasteiger partial charge in [0.05, 0.1) is 4.92 Å². The van der Waals surface area contributed by atoms with Gasteiger partial charge in [-0.25, -0.2) is 0 Å². The minimum Gasteiger partial charge on any atom is -0.366 e. The molecule has 0 atom stereocenters. The number of nitro groups is 1. The third-order valence-electron chi connectivity index (χ3n) is 1.85. The fourth-order valence-corrected chi connectivity index (χ4v) is 1.14. The maximum atomic E-state index is 10.4. The highest BCUT2D eigenvalue weighted by Crippen LogP contribution is 2.19. The van der Waals surface area contributed by atoms with Crippen molar-refractivity contribution >= 4 is 11.6 Å². The van der Waals surface area contributed by atoms with Crippen LogP contribution in [0.1, 0.15) is 0 Å².